The zero-order valence-corrected chi connectivity index (χ0v) is 14.8. The van der Waals surface area contributed by atoms with Crippen molar-refractivity contribution in [1.82, 2.24) is 0 Å². The van der Waals surface area contributed by atoms with Crippen molar-refractivity contribution >= 4 is 5.97 Å². The van der Waals surface area contributed by atoms with E-state index in [2.05, 4.69) is 19.1 Å². The monoisotopic (exact) mass is 336 g/mol. The lowest BCUT2D eigenvalue weighted by molar-refractivity contribution is -0.137. The van der Waals surface area contributed by atoms with Crippen molar-refractivity contribution in [3.05, 3.63) is 72.3 Å². The van der Waals surface area contributed by atoms with Gasteiger partial charge in [-0.1, -0.05) is 43.3 Å². The van der Waals surface area contributed by atoms with Crippen molar-refractivity contribution in [2.45, 2.75) is 32.6 Å². The maximum Gasteiger partial charge on any atom is 0.330 e. The first-order valence-corrected chi connectivity index (χ1v) is 8.77. The Bertz CT molecular complexity index is 743. The van der Waals surface area contributed by atoms with Crippen molar-refractivity contribution in [1.29, 1.82) is 0 Å². The first-order chi connectivity index (χ1) is 12.1. The van der Waals surface area contributed by atoms with Crippen LogP contribution in [0.3, 0.4) is 0 Å². The number of ether oxygens (including phenoxy) is 2. The number of rotatable bonds is 6. The molecule has 3 nitrogen and oxygen atoms in total. The molecule has 0 heterocycles. The van der Waals surface area contributed by atoms with Crippen LogP contribution in [0.25, 0.3) is 0 Å². The predicted molar refractivity (Wildman–Crippen MR) is 98.8 cm³/mol. The Labute approximate surface area is 149 Å². The van der Waals surface area contributed by atoms with Crippen LogP contribution in [0.15, 0.2) is 66.7 Å². The molecular formula is C22H24O3. The minimum Gasteiger partial charge on any atom is -0.463 e. The van der Waals surface area contributed by atoms with Gasteiger partial charge < -0.3 is 9.47 Å². The van der Waals surface area contributed by atoms with Gasteiger partial charge in [0.25, 0.3) is 0 Å². The number of esters is 1. The number of allylic oxidation sites excluding steroid dienone is 1. The van der Waals surface area contributed by atoms with Crippen LogP contribution >= 0.6 is 0 Å². The van der Waals surface area contributed by atoms with Gasteiger partial charge in [-0.15, -0.1) is 0 Å². The second kappa shape index (κ2) is 7.56. The Hall–Kier alpha value is -2.55. The normalized spacial score (nSPS) is 22.4. The molecule has 0 amide bonds. The number of benzene rings is 2. The first-order valence-electron chi connectivity index (χ1n) is 8.77. The van der Waals surface area contributed by atoms with Crippen LogP contribution < -0.4 is 4.74 Å². The minimum absolute atomic E-state index is 0.0632. The molecular weight excluding hydrogens is 312 g/mol. The molecule has 130 valence electrons. The number of hydrogen-bond acceptors (Lipinski definition) is 3. The Morgan fingerprint density at radius 1 is 1.12 bits per heavy atom. The molecule has 0 radical (unpaired) electrons. The van der Waals surface area contributed by atoms with Gasteiger partial charge in [0.2, 0.25) is 0 Å². The third-order valence-corrected chi connectivity index (χ3v) is 4.64. The van der Waals surface area contributed by atoms with E-state index in [0.29, 0.717) is 12.5 Å². The Kier molecular flexibility index (Phi) is 5.22. The van der Waals surface area contributed by atoms with Crippen LogP contribution in [-0.2, 0) is 9.53 Å². The zero-order valence-electron chi connectivity index (χ0n) is 14.8. The highest BCUT2D eigenvalue weighted by molar-refractivity contribution is 5.82. The predicted octanol–water partition coefficient (Wildman–Crippen LogP) is 5.48. The lowest BCUT2D eigenvalue weighted by atomic mass is 9.61. The molecule has 3 rings (SSSR count). The van der Waals surface area contributed by atoms with Crippen LogP contribution in [0.5, 0.6) is 11.5 Å². The van der Waals surface area contributed by atoms with Crippen molar-refractivity contribution in [2.75, 3.05) is 6.61 Å². The fraction of sp³-hybridized carbons (Fsp3) is 0.318. The molecule has 2 aromatic carbocycles. The zero-order chi connectivity index (χ0) is 17.7. The summed E-state index contributed by atoms with van der Waals surface area (Å²) in [5, 5.41) is 0. The third-order valence-electron chi connectivity index (χ3n) is 4.64. The number of hydrogen-bond donors (Lipinski definition) is 0. The van der Waals surface area contributed by atoms with Gasteiger partial charge in [0.15, 0.2) is 0 Å². The van der Waals surface area contributed by atoms with E-state index >= 15 is 0 Å². The highest BCUT2D eigenvalue weighted by Crippen LogP contribution is 2.52. The summed E-state index contributed by atoms with van der Waals surface area (Å²) in [5.41, 5.74) is 1.35. The summed E-state index contributed by atoms with van der Waals surface area (Å²) in [6.07, 6.45) is 5.61. The molecule has 0 bridgehead atoms. The summed E-state index contributed by atoms with van der Waals surface area (Å²) in [7, 11) is 0. The molecule has 0 aromatic heterocycles. The van der Waals surface area contributed by atoms with Crippen LogP contribution in [-0.4, -0.2) is 12.6 Å². The van der Waals surface area contributed by atoms with E-state index in [4.69, 9.17) is 9.47 Å². The SMILES string of the molecule is CCOC(=O)/C=C/C1(C)CC(c2cccc(Oc3ccccc3)c2)C1. The molecule has 1 saturated carbocycles. The van der Waals surface area contributed by atoms with E-state index in [1.807, 2.05) is 55.5 Å². The van der Waals surface area contributed by atoms with E-state index in [1.54, 1.807) is 6.08 Å². The van der Waals surface area contributed by atoms with Gasteiger partial charge in [0, 0.05) is 6.08 Å². The average molecular weight is 336 g/mol. The lowest BCUT2D eigenvalue weighted by Gasteiger charge is -2.43. The van der Waals surface area contributed by atoms with Crippen molar-refractivity contribution in [2.24, 2.45) is 5.41 Å². The summed E-state index contributed by atoms with van der Waals surface area (Å²) in [4.78, 5) is 11.5. The lowest BCUT2D eigenvalue weighted by Crippen LogP contribution is -2.31. The van der Waals surface area contributed by atoms with E-state index in [-0.39, 0.29) is 11.4 Å². The number of carbonyl (C=O) groups is 1. The van der Waals surface area contributed by atoms with Gasteiger partial charge in [0.1, 0.15) is 11.5 Å². The molecule has 0 saturated heterocycles. The quantitative estimate of drug-likeness (QED) is 0.517. The Morgan fingerprint density at radius 2 is 1.84 bits per heavy atom. The second-order valence-corrected chi connectivity index (χ2v) is 6.83. The van der Waals surface area contributed by atoms with Gasteiger partial charge in [-0.3, -0.25) is 0 Å². The van der Waals surface area contributed by atoms with Crippen molar-refractivity contribution in [3.63, 3.8) is 0 Å². The van der Waals surface area contributed by atoms with E-state index in [1.165, 1.54) is 5.56 Å². The molecule has 1 aliphatic rings. The second-order valence-electron chi connectivity index (χ2n) is 6.83. The fourth-order valence-electron chi connectivity index (χ4n) is 3.35. The summed E-state index contributed by atoms with van der Waals surface area (Å²) in [6.45, 7) is 4.41. The molecule has 25 heavy (non-hydrogen) atoms. The Morgan fingerprint density at radius 3 is 2.56 bits per heavy atom. The molecule has 0 aliphatic heterocycles. The van der Waals surface area contributed by atoms with Gasteiger partial charge in [-0.25, -0.2) is 4.79 Å². The van der Waals surface area contributed by atoms with Crippen LogP contribution in [0.1, 0.15) is 38.2 Å². The van der Waals surface area contributed by atoms with Crippen LogP contribution in [0.4, 0.5) is 0 Å². The van der Waals surface area contributed by atoms with E-state index in [9.17, 15) is 4.79 Å². The summed E-state index contributed by atoms with van der Waals surface area (Å²) in [5.74, 6) is 1.94. The van der Waals surface area contributed by atoms with Crippen molar-refractivity contribution in [3.8, 4) is 11.5 Å². The standard InChI is InChI=1S/C22H24O3/c1-3-24-21(23)12-13-22(2)15-18(16-22)17-8-7-11-20(14-17)25-19-9-5-4-6-10-19/h4-14,18H,3,15-16H2,1-2H3/b13-12+. The smallest absolute Gasteiger partial charge is 0.330 e. The number of carbonyl (C=O) groups excluding carboxylic acids is 1. The van der Waals surface area contributed by atoms with E-state index in [0.717, 1.165) is 24.3 Å². The molecule has 0 atom stereocenters. The minimum atomic E-state index is -0.259. The molecule has 0 unspecified atom stereocenters. The number of para-hydroxylation sites is 1. The molecule has 0 spiro atoms. The molecule has 1 fully saturated rings. The van der Waals surface area contributed by atoms with Crippen LogP contribution in [0.2, 0.25) is 0 Å². The Balaban J connectivity index is 1.61. The molecule has 2 aromatic rings. The van der Waals surface area contributed by atoms with Gasteiger partial charge in [-0.2, -0.15) is 0 Å². The van der Waals surface area contributed by atoms with Gasteiger partial charge in [0.05, 0.1) is 6.61 Å². The maximum absolute atomic E-state index is 11.5. The van der Waals surface area contributed by atoms with Crippen molar-refractivity contribution < 1.29 is 14.3 Å². The summed E-state index contributed by atoms with van der Waals surface area (Å²) >= 11 is 0. The summed E-state index contributed by atoms with van der Waals surface area (Å²) < 4.78 is 10.9. The molecule has 0 N–H and O–H groups in total. The largest absolute Gasteiger partial charge is 0.463 e. The third kappa shape index (κ3) is 4.50. The topological polar surface area (TPSA) is 35.5 Å². The van der Waals surface area contributed by atoms with Crippen LogP contribution in [0, 0.1) is 5.41 Å². The summed E-state index contributed by atoms with van der Waals surface area (Å²) in [6, 6.07) is 18.1. The highest BCUT2D eigenvalue weighted by Gasteiger charge is 2.39. The molecule has 1 aliphatic carbocycles. The average Bonchev–Trinajstić information content (AvgIpc) is 2.59. The van der Waals surface area contributed by atoms with E-state index < -0.39 is 0 Å². The van der Waals surface area contributed by atoms with Gasteiger partial charge >= 0.3 is 5.97 Å². The molecule has 3 heteroatoms. The fourth-order valence-corrected chi connectivity index (χ4v) is 3.35. The maximum atomic E-state index is 11.5. The highest BCUT2D eigenvalue weighted by atomic mass is 16.5. The van der Waals surface area contributed by atoms with Gasteiger partial charge in [-0.05, 0) is 60.9 Å². The first kappa shape index (κ1) is 17.3.